The zero-order valence-electron chi connectivity index (χ0n) is 10.6. The third-order valence-corrected chi connectivity index (χ3v) is 4.92. The standard InChI is InChI=1S/C14H19BrClF/c1-14(2,3)13(15)6-4-5-10-7-8-11(16)9-12(10)17/h7-9,13H,4-6H2,1-3H3. The molecule has 0 radical (unpaired) electrons. The van der Waals surface area contributed by atoms with E-state index in [4.69, 9.17) is 11.6 Å². The fourth-order valence-electron chi connectivity index (χ4n) is 1.63. The van der Waals surface area contributed by atoms with E-state index in [2.05, 4.69) is 36.7 Å². The van der Waals surface area contributed by atoms with E-state index in [-0.39, 0.29) is 11.2 Å². The number of hydrogen-bond acceptors (Lipinski definition) is 0. The highest BCUT2D eigenvalue weighted by molar-refractivity contribution is 9.09. The van der Waals surface area contributed by atoms with E-state index in [1.165, 1.54) is 6.07 Å². The fourth-order valence-corrected chi connectivity index (χ4v) is 2.11. The van der Waals surface area contributed by atoms with Gasteiger partial charge in [0.2, 0.25) is 0 Å². The molecule has 0 bridgehead atoms. The van der Waals surface area contributed by atoms with Crippen LogP contribution in [0.1, 0.15) is 39.2 Å². The number of aryl methyl sites for hydroxylation is 1. The first-order chi connectivity index (χ1) is 7.80. The molecule has 1 atom stereocenters. The minimum absolute atomic E-state index is 0.195. The quantitative estimate of drug-likeness (QED) is 0.632. The second kappa shape index (κ2) is 6.19. The smallest absolute Gasteiger partial charge is 0.127 e. The zero-order chi connectivity index (χ0) is 13.1. The molecule has 96 valence electrons. The Morgan fingerprint density at radius 2 is 2.00 bits per heavy atom. The normalized spacial score (nSPS) is 13.8. The maximum atomic E-state index is 13.5. The number of benzene rings is 1. The maximum absolute atomic E-state index is 13.5. The molecule has 0 spiro atoms. The summed E-state index contributed by atoms with van der Waals surface area (Å²) in [6.45, 7) is 6.61. The highest BCUT2D eigenvalue weighted by atomic mass is 79.9. The number of alkyl halides is 1. The molecule has 3 heteroatoms. The van der Waals surface area contributed by atoms with Gasteiger partial charge in [-0.05, 0) is 42.4 Å². The van der Waals surface area contributed by atoms with Crippen LogP contribution in [0, 0.1) is 11.2 Å². The molecule has 0 fully saturated rings. The van der Waals surface area contributed by atoms with Crippen molar-refractivity contribution in [3.63, 3.8) is 0 Å². The van der Waals surface area contributed by atoms with Crippen molar-refractivity contribution in [2.24, 2.45) is 5.41 Å². The van der Waals surface area contributed by atoms with E-state index in [0.29, 0.717) is 9.85 Å². The molecular weight excluding hydrogens is 303 g/mol. The van der Waals surface area contributed by atoms with Crippen LogP contribution in [0.15, 0.2) is 18.2 Å². The topological polar surface area (TPSA) is 0 Å². The molecule has 0 aliphatic heterocycles. The lowest BCUT2D eigenvalue weighted by atomic mass is 9.89. The molecule has 0 saturated heterocycles. The van der Waals surface area contributed by atoms with Crippen LogP contribution >= 0.6 is 27.5 Å². The first-order valence-electron chi connectivity index (χ1n) is 5.88. The minimum atomic E-state index is -0.195. The molecule has 1 rings (SSSR count). The Morgan fingerprint density at radius 1 is 1.35 bits per heavy atom. The van der Waals surface area contributed by atoms with Gasteiger partial charge in [0.15, 0.2) is 0 Å². The van der Waals surface area contributed by atoms with Crippen LogP contribution in [0.4, 0.5) is 4.39 Å². The first-order valence-corrected chi connectivity index (χ1v) is 7.18. The summed E-state index contributed by atoms with van der Waals surface area (Å²) >= 11 is 9.40. The van der Waals surface area contributed by atoms with Gasteiger partial charge in [0.1, 0.15) is 5.82 Å². The van der Waals surface area contributed by atoms with E-state index >= 15 is 0 Å². The van der Waals surface area contributed by atoms with Gasteiger partial charge in [-0.15, -0.1) is 0 Å². The Bertz CT molecular complexity index is 371. The van der Waals surface area contributed by atoms with Crippen molar-refractivity contribution in [3.05, 3.63) is 34.6 Å². The average molecular weight is 322 g/mol. The van der Waals surface area contributed by atoms with Gasteiger partial charge < -0.3 is 0 Å². The Balaban J connectivity index is 2.46. The Morgan fingerprint density at radius 3 is 2.53 bits per heavy atom. The van der Waals surface area contributed by atoms with E-state index in [1.807, 2.05) is 0 Å². The van der Waals surface area contributed by atoms with E-state index in [9.17, 15) is 4.39 Å². The first kappa shape index (κ1) is 15.0. The van der Waals surface area contributed by atoms with Crippen LogP contribution in [-0.2, 0) is 6.42 Å². The summed E-state index contributed by atoms with van der Waals surface area (Å²) in [6.07, 6.45) is 2.79. The molecule has 0 N–H and O–H groups in total. The van der Waals surface area contributed by atoms with Gasteiger partial charge in [0.25, 0.3) is 0 Å². The SMILES string of the molecule is CC(C)(C)C(Br)CCCc1ccc(Cl)cc1F. The monoisotopic (exact) mass is 320 g/mol. The third kappa shape index (κ3) is 4.97. The Hall–Kier alpha value is -0.0800. The van der Waals surface area contributed by atoms with Crippen LogP contribution in [0.2, 0.25) is 5.02 Å². The molecule has 0 nitrogen and oxygen atoms in total. The van der Waals surface area contributed by atoms with Crippen molar-refractivity contribution in [2.45, 2.75) is 44.9 Å². The summed E-state index contributed by atoms with van der Waals surface area (Å²) in [5, 5.41) is 0.458. The lowest BCUT2D eigenvalue weighted by Crippen LogP contribution is -2.20. The molecule has 1 aromatic rings. The number of hydrogen-bond donors (Lipinski definition) is 0. The van der Waals surface area contributed by atoms with Crippen molar-refractivity contribution >= 4 is 27.5 Å². The van der Waals surface area contributed by atoms with Gasteiger partial charge in [0.05, 0.1) is 0 Å². The van der Waals surface area contributed by atoms with Gasteiger partial charge in [-0.3, -0.25) is 0 Å². The number of halogens is 3. The summed E-state index contributed by atoms with van der Waals surface area (Å²) in [6, 6.07) is 4.90. The van der Waals surface area contributed by atoms with Crippen molar-refractivity contribution in [1.29, 1.82) is 0 Å². The van der Waals surface area contributed by atoms with Crippen molar-refractivity contribution in [3.8, 4) is 0 Å². The van der Waals surface area contributed by atoms with Crippen LogP contribution in [0.25, 0.3) is 0 Å². The van der Waals surface area contributed by atoms with Crippen LogP contribution in [-0.4, -0.2) is 4.83 Å². The molecule has 17 heavy (non-hydrogen) atoms. The molecule has 1 unspecified atom stereocenters. The molecule has 0 aromatic heterocycles. The Labute approximate surface area is 117 Å². The van der Waals surface area contributed by atoms with Crippen molar-refractivity contribution in [2.75, 3.05) is 0 Å². The summed E-state index contributed by atoms with van der Waals surface area (Å²) < 4.78 is 13.5. The van der Waals surface area contributed by atoms with Crippen LogP contribution in [0.3, 0.4) is 0 Å². The van der Waals surface area contributed by atoms with Gasteiger partial charge in [-0.2, -0.15) is 0 Å². The summed E-state index contributed by atoms with van der Waals surface area (Å²) in [5.41, 5.74) is 1.00. The summed E-state index contributed by atoms with van der Waals surface area (Å²) in [4.78, 5) is 0.463. The van der Waals surface area contributed by atoms with E-state index in [0.717, 1.165) is 24.8 Å². The Kier molecular flexibility index (Phi) is 5.46. The van der Waals surface area contributed by atoms with E-state index in [1.54, 1.807) is 12.1 Å². The van der Waals surface area contributed by atoms with Gasteiger partial charge in [-0.1, -0.05) is 54.4 Å². The van der Waals surface area contributed by atoms with E-state index < -0.39 is 0 Å². The van der Waals surface area contributed by atoms with Crippen molar-refractivity contribution < 1.29 is 4.39 Å². The molecule has 0 amide bonds. The molecule has 1 aromatic carbocycles. The second-order valence-corrected chi connectivity index (χ2v) is 7.00. The van der Waals surface area contributed by atoms with Gasteiger partial charge in [-0.25, -0.2) is 4.39 Å². The summed E-state index contributed by atoms with van der Waals surface area (Å²) in [5.74, 6) is -0.195. The average Bonchev–Trinajstić information content (AvgIpc) is 2.19. The molecule has 0 aliphatic carbocycles. The van der Waals surface area contributed by atoms with Gasteiger partial charge >= 0.3 is 0 Å². The molecule has 0 heterocycles. The molecule has 0 aliphatic rings. The van der Waals surface area contributed by atoms with Crippen LogP contribution in [0.5, 0.6) is 0 Å². The lowest BCUT2D eigenvalue weighted by Gasteiger charge is -2.25. The zero-order valence-corrected chi connectivity index (χ0v) is 12.9. The predicted octanol–water partition coefficient (Wildman–Crippen LogP) is 5.61. The lowest BCUT2D eigenvalue weighted by molar-refractivity contribution is 0.380. The van der Waals surface area contributed by atoms with Crippen molar-refractivity contribution in [1.82, 2.24) is 0 Å². The maximum Gasteiger partial charge on any atom is 0.127 e. The predicted molar refractivity (Wildman–Crippen MR) is 76.5 cm³/mol. The van der Waals surface area contributed by atoms with Crippen LogP contribution < -0.4 is 0 Å². The highest BCUT2D eigenvalue weighted by Crippen LogP contribution is 2.30. The molecular formula is C14H19BrClF. The number of rotatable bonds is 4. The second-order valence-electron chi connectivity index (χ2n) is 5.46. The minimum Gasteiger partial charge on any atom is -0.207 e. The summed E-state index contributed by atoms with van der Waals surface area (Å²) in [7, 11) is 0. The largest absolute Gasteiger partial charge is 0.207 e. The highest BCUT2D eigenvalue weighted by Gasteiger charge is 2.21. The van der Waals surface area contributed by atoms with Gasteiger partial charge in [0, 0.05) is 9.85 Å². The fraction of sp³-hybridized carbons (Fsp3) is 0.571. The molecule has 0 saturated carbocycles. The third-order valence-electron chi connectivity index (χ3n) is 2.86.